The summed E-state index contributed by atoms with van der Waals surface area (Å²) in [4.78, 5) is 28.5. The lowest BCUT2D eigenvalue weighted by atomic mass is 10.3. The second-order valence-electron chi connectivity index (χ2n) is 7.40. The number of anilines is 1. The first-order chi connectivity index (χ1) is 15.5. The highest BCUT2D eigenvalue weighted by Crippen LogP contribution is 2.15. The summed E-state index contributed by atoms with van der Waals surface area (Å²) in [5.74, 6) is 0.137. The smallest absolute Gasteiger partial charge is 0.238 e. The third kappa shape index (κ3) is 7.80. The lowest BCUT2D eigenvalue weighted by molar-refractivity contribution is -0.128. The predicted octanol–water partition coefficient (Wildman–Crippen LogP) is 3.25. The summed E-state index contributed by atoms with van der Waals surface area (Å²) >= 11 is 1.54. The molecule has 32 heavy (non-hydrogen) atoms. The van der Waals surface area contributed by atoms with Gasteiger partial charge in [-0.2, -0.15) is 0 Å². The van der Waals surface area contributed by atoms with Crippen molar-refractivity contribution in [1.82, 2.24) is 9.80 Å². The van der Waals surface area contributed by atoms with Crippen molar-refractivity contribution in [1.29, 1.82) is 0 Å². The molecular formula is C23H27F2N3O3S. The zero-order valence-corrected chi connectivity index (χ0v) is 18.6. The Morgan fingerprint density at radius 2 is 1.84 bits per heavy atom. The normalized spacial score (nSPS) is 14.6. The van der Waals surface area contributed by atoms with Crippen LogP contribution in [0.15, 0.2) is 48.5 Å². The number of thioether (sulfide) groups is 1. The number of carbonyl (C=O) groups is 2. The van der Waals surface area contributed by atoms with Gasteiger partial charge in [-0.15, -0.1) is 11.8 Å². The molecule has 0 spiro atoms. The Hall–Kier alpha value is -2.65. The molecule has 172 valence electrons. The number of carbonyl (C=O) groups excluding carboxylic acids is 2. The minimum absolute atomic E-state index is 0.0451. The van der Waals surface area contributed by atoms with E-state index in [0.29, 0.717) is 38.5 Å². The van der Waals surface area contributed by atoms with Crippen LogP contribution in [0, 0.1) is 11.6 Å². The second kappa shape index (κ2) is 12.4. The van der Waals surface area contributed by atoms with E-state index in [1.807, 2.05) is 40.1 Å². The summed E-state index contributed by atoms with van der Waals surface area (Å²) in [6, 6.07) is 12.6. The fraction of sp³-hybridized carbons (Fsp3) is 0.391. The molecule has 3 rings (SSSR count). The average Bonchev–Trinajstić information content (AvgIpc) is 3.02. The van der Waals surface area contributed by atoms with Gasteiger partial charge in [0.1, 0.15) is 17.4 Å². The fourth-order valence-electron chi connectivity index (χ4n) is 3.35. The van der Waals surface area contributed by atoms with Crippen molar-refractivity contribution in [3.8, 4) is 5.75 Å². The van der Waals surface area contributed by atoms with E-state index in [-0.39, 0.29) is 24.0 Å². The molecule has 1 aliphatic rings. The van der Waals surface area contributed by atoms with E-state index in [2.05, 4.69) is 5.32 Å². The number of rotatable bonds is 9. The molecule has 9 heteroatoms. The number of hydrogen-bond acceptors (Lipinski definition) is 5. The molecular weight excluding hydrogens is 436 g/mol. The Morgan fingerprint density at radius 1 is 1.03 bits per heavy atom. The lowest BCUT2D eigenvalue weighted by Gasteiger charge is -2.21. The topological polar surface area (TPSA) is 61.9 Å². The maximum Gasteiger partial charge on any atom is 0.238 e. The van der Waals surface area contributed by atoms with Gasteiger partial charge in [-0.05, 0) is 30.7 Å². The molecule has 0 aliphatic carbocycles. The highest BCUT2D eigenvalue weighted by molar-refractivity contribution is 7.99. The van der Waals surface area contributed by atoms with Crippen LogP contribution in [-0.2, 0) is 9.59 Å². The summed E-state index contributed by atoms with van der Waals surface area (Å²) in [5.41, 5.74) is -0.0451. The maximum atomic E-state index is 13.7. The van der Waals surface area contributed by atoms with E-state index >= 15 is 0 Å². The first kappa shape index (κ1) is 24.0. The number of ether oxygens (including phenoxy) is 1. The van der Waals surface area contributed by atoms with Crippen molar-refractivity contribution in [2.45, 2.75) is 6.42 Å². The van der Waals surface area contributed by atoms with E-state index in [1.165, 1.54) is 17.8 Å². The Balaban J connectivity index is 1.34. The quantitative estimate of drug-likeness (QED) is 0.579. The third-order valence-electron chi connectivity index (χ3n) is 4.98. The molecule has 2 aromatic carbocycles. The van der Waals surface area contributed by atoms with Crippen LogP contribution in [0.4, 0.5) is 14.5 Å². The summed E-state index contributed by atoms with van der Waals surface area (Å²) in [7, 11) is 0. The van der Waals surface area contributed by atoms with E-state index in [0.717, 1.165) is 30.1 Å². The van der Waals surface area contributed by atoms with Gasteiger partial charge in [-0.3, -0.25) is 14.5 Å². The van der Waals surface area contributed by atoms with Crippen LogP contribution in [-0.4, -0.2) is 72.5 Å². The third-order valence-corrected chi connectivity index (χ3v) is 5.89. The molecule has 1 saturated heterocycles. The fourth-order valence-corrected chi connectivity index (χ4v) is 4.05. The molecule has 2 aromatic rings. The van der Waals surface area contributed by atoms with Crippen molar-refractivity contribution >= 4 is 29.3 Å². The van der Waals surface area contributed by atoms with Gasteiger partial charge in [0.2, 0.25) is 11.8 Å². The van der Waals surface area contributed by atoms with Crippen molar-refractivity contribution < 1.29 is 23.1 Å². The molecule has 0 unspecified atom stereocenters. The van der Waals surface area contributed by atoms with Crippen LogP contribution in [0.25, 0.3) is 0 Å². The largest absolute Gasteiger partial charge is 0.493 e. The molecule has 0 bridgehead atoms. The predicted molar refractivity (Wildman–Crippen MR) is 122 cm³/mol. The summed E-state index contributed by atoms with van der Waals surface area (Å²) in [5, 5.41) is 2.47. The Morgan fingerprint density at radius 3 is 2.62 bits per heavy atom. The highest BCUT2D eigenvalue weighted by Gasteiger charge is 2.20. The van der Waals surface area contributed by atoms with Crippen molar-refractivity contribution in [3.63, 3.8) is 0 Å². The molecule has 0 atom stereocenters. The average molecular weight is 464 g/mol. The van der Waals surface area contributed by atoms with Gasteiger partial charge in [0.15, 0.2) is 0 Å². The number of nitrogens with zero attached hydrogens (tertiary/aromatic N) is 2. The molecule has 2 amide bonds. The number of amides is 2. The Bertz CT molecular complexity index is 901. The number of hydrogen-bond donors (Lipinski definition) is 1. The lowest BCUT2D eigenvalue weighted by Crippen LogP contribution is -2.38. The molecule has 6 nitrogen and oxygen atoms in total. The molecule has 1 fully saturated rings. The number of benzene rings is 2. The van der Waals surface area contributed by atoms with E-state index < -0.39 is 11.6 Å². The first-order valence-electron chi connectivity index (χ1n) is 10.5. The van der Waals surface area contributed by atoms with Crippen LogP contribution in [0.5, 0.6) is 5.75 Å². The zero-order chi connectivity index (χ0) is 22.8. The van der Waals surface area contributed by atoms with Crippen molar-refractivity contribution in [2.24, 2.45) is 0 Å². The maximum absolute atomic E-state index is 13.7. The summed E-state index contributed by atoms with van der Waals surface area (Å²) in [6.07, 6.45) is 0.756. The first-order valence-corrected chi connectivity index (χ1v) is 11.7. The molecule has 1 aliphatic heterocycles. The van der Waals surface area contributed by atoms with E-state index in [9.17, 15) is 18.4 Å². The van der Waals surface area contributed by atoms with Gasteiger partial charge in [-0.25, -0.2) is 8.78 Å². The molecule has 1 N–H and O–H groups in total. The van der Waals surface area contributed by atoms with Crippen LogP contribution in [0.1, 0.15) is 6.42 Å². The summed E-state index contributed by atoms with van der Waals surface area (Å²) in [6.45, 7) is 3.04. The van der Waals surface area contributed by atoms with Crippen LogP contribution < -0.4 is 10.1 Å². The number of para-hydroxylation sites is 1. The molecule has 0 saturated carbocycles. The van der Waals surface area contributed by atoms with Gasteiger partial charge >= 0.3 is 0 Å². The van der Waals surface area contributed by atoms with Crippen molar-refractivity contribution in [3.05, 3.63) is 60.2 Å². The van der Waals surface area contributed by atoms with Crippen LogP contribution >= 0.6 is 11.8 Å². The molecule has 0 aromatic heterocycles. The molecule has 1 heterocycles. The van der Waals surface area contributed by atoms with Crippen molar-refractivity contribution in [2.75, 3.05) is 56.2 Å². The van der Waals surface area contributed by atoms with Gasteiger partial charge < -0.3 is 15.0 Å². The minimum atomic E-state index is -0.808. The van der Waals surface area contributed by atoms with Crippen LogP contribution in [0.2, 0.25) is 0 Å². The number of nitrogens with one attached hydrogen (secondary N) is 1. The Labute approximate surface area is 190 Å². The van der Waals surface area contributed by atoms with Gasteiger partial charge in [0.05, 0.1) is 24.6 Å². The number of halogens is 2. The standard InChI is InChI=1S/C23H27F2N3O3S/c24-18-7-8-21(20(25)15-18)26-22(29)16-27-9-4-10-28(12-11-27)23(30)17-32-14-13-31-19-5-2-1-3-6-19/h1-3,5-8,15H,4,9-14,16-17H2,(H,26,29). The van der Waals surface area contributed by atoms with Gasteiger partial charge in [-0.1, -0.05) is 18.2 Å². The second-order valence-corrected chi connectivity index (χ2v) is 8.50. The molecule has 0 radical (unpaired) electrons. The van der Waals surface area contributed by atoms with Crippen LogP contribution in [0.3, 0.4) is 0 Å². The SMILES string of the molecule is O=C(CN1CCCN(C(=O)CSCCOc2ccccc2)CC1)Nc1ccc(F)cc1F. The van der Waals surface area contributed by atoms with E-state index in [4.69, 9.17) is 4.74 Å². The Kier molecular flexibility index (Phi) is 9.30. The van der Waals surface area contributed by atoms with Gasteiger partial charge in [0.25, 0.3) is 0 Å². The zero-order valence-electron chi connectivity index (χ0n) is 17.8. The van der Waals surface area contributed by atoms with E-state index in [1.54, 1.807) is 0 Å². The minimum Gasteiger partial charge on any atom is -0.493 e. The highest BCUT2D eigenvalue weighted by atomic mass is 32.2. The monoisotopic (exact) mass is 463 g/mol. The summed E-state index contributed by atoms with van der Waals surface area (Å²) < 4.78 is 32.3. The van der Waals surface area contributed by atoms with Gasteiger partial charge in [0, 0.05) is 38.0 Å².